The van der Waals surface area contributed by atoms with E-state index >= 15 is 0 Å². The van der Waals surface area contributed by atoms with Gasteiger partial charge >= 0.3 is 0 Å². The van der Waals surface area contributed by atoms with Gasteiger partial charge in [0, 0.05) is 10.7 Å². The highest BCUT2D eigenvalue weighted by molar-refractivity contribution is 7.99. The van der Waals surface area contributed by atoms with Gasteiger partial charge in [0.2, 0.25) is 6.54 Å². The molecule has 0 heterocycles. The molecule has 0 saturated heterocycles. The largest absolute Gasteiger partial charge is 0.265 e. The van der Waals surface area contributed by atoms with Crippen LogP contribution >= 0.6 is 11.8 Å². The smallest absolute Gasteiger partial charge is 0.212 e. The summed E-state index contributed by atoms with van der Waals surface area (Å²) in [6.07, 6.45) is 0. The van der Waals surface area contributed by atoms with Gasteiger partial charge in [-0.1, -0.05) is 12.2 Å². The minimum absolute atomic E-state index is 0.0535. The molecule has 0 spiro atoms. The first-order valence-electron chi connectivity index (χ1n) is 2.97. The number of nitrogens with zero attached hydrogens (tertiary/aromatic N) is 1. The molecule has 0 aromatic carbocycles. The minimum atomic E-state index is -0.300. The fourth-order valence-electron chi connectivity index (χ4n) is 0.385. The lowest BCUT2D eigenvalue weighted by Crippen LogP contribution is -2.03. The molecule has 3 nitrogen and oxygen atoms in total. The molecule has 4 heteroatoms. The summed E-state index contributed by atoms with van der Waals surface area (Å²) in [6.45, 7) is 5.65. The molecule has 58 valence electrons. The van der Waals surface area contributed by atoms with Crippen LogP contribution in [0.2, 0.25) is 0 Å². The van der Waals surface area contributed by atoms with Gasteiger partial charge in [0.25, 0.3) is 0 Å². The van der Waals surface area contributed by atoms with Crippen molar-refractivity contribution in [2.24, 2.45) is 0 Å². The Morgan fingerprint density at radius 2 is 2.40 bits per heavy atom. The summed E-state index contributed by atoms with van der Waals surface area (Å²) in [7, 11) is 0. The first kappa shape index (κ1) is 9.49. The van der Waals surface area contributed by atoms with Crippen LogP contribution in [0.25, 0.3) is 0 Å². The molecule has 0 N–H and O–H groups in total. The van der Waals surface area contributed by atoms with E-state index in [0.717, 1.165) is 11.3 Å². The summed E-state index contributed by atoms with van der Waals surface area (Å²) >= 11 is 1.55. The van der Waals surface area contributed by atoms with Gasteiger partial charge in [-0.05, 0) is 6.92 Å². The molecule has 0 aromatic rings. The number of thioether (sulfide) groups is 1. The molecule has 0 bridgehead atoms. The van der Waals surface area contributed by atoms with Crippen molar-refractivity contribution < 1.29 is 4.92 Å². The first-order chi connectivity index (χ1) is 4.63. The zero-order chi connectivity index (χ0) is 7.98. The summed E-state index contributed by atoms with van der Waals surface area (Å²) in [5.41, 5.74) is 1.06. The standard InChI is InChI=1S/C6H11NO2S/c1-6(2)5-10-4-3-7(8)9/h1,3-5H2,2H3. The maximum Gasteiger partial charge on any atom is 0.212 e. The van der Waals surface area contributed by atoms with E-state index in [1.54, 1.807) is 11.8 Å². The molecule has 0 saturated carbocycles. The molecular formula is C6H11NO2S. The molecule has 0 aliphatic rings. The van der Waals surface area contributed by atoms with Crippen LogP contribution in [-0.2, 0) is 0 Å². The third kappa shape index (κ3) is 7.49. The van der Waals surface area contributed by atoms with Crippen molar-refractivity contribution in [2.75, 3.05) is 18.1 Å². The van der Waals surface area contributed by atoms with Crippen LogP contribution in [0.1, 0.15) is 6.92 Å². The van der Waals surface area contributed by atoms with Gasteiger partial charge in [0.1, 0.15) is 0 Å². The zero-order valence-electron chi connectivity index (χ0n) is 6.00. The monoisotopic (exact) mass is 161 g/mol. The summed E-state index contributed by atoms with van der Waals surface area (Å²) < 4.78 is 0. The van der Waals surface area contributed by atoms with E-state index in [2.05, 4.69) is 6.58 Å². The van der Waals surface area contributed by atoms with E-state index in [-0.39, 0.29) is 11.5 Å². The van der Waals surface area contributed by atoms with Gasteiger partial charge < -0.3 is 0 Å². The maximum atomic E-state index is 9.81. The van der Waals surface area contributed by atoms with Crippen molar-refractivity contribution in [3.05, 3.63) is 22.3 Å². The Labute approximate surface area is 64.7 Å². The van der Waals surface area contributed by atoms with Crippen LogP contribution in [0.3, 0.4) is 0 Å². The second kappa shape index (κ2) is 5.29. The molecule has 0 aliphatic carbocycles. The first-order valence-corrected chi connectivity index (χ1v) is 4.12. The summed E-state index contributed by atoms with van der Waals surface area (Å²) in [4.78, 5) is 9.51. The van der Waals surface area contributed by atoms with E-state index in [0.29, 0.717) is 5.75 Å². The Hall–Kier alpha value is -0.510. The third-order valence-electron chi connectivity index (χ3n) is 0.767. The van der Waals surface area contributed by atoms with Crippen molar-refractivity contribution in [1.82, 2.24) is 0 Å². The van der Waals surface area contributed by atoms with Crippen molar-refractivity contribution >= 4 is 11.8 Å². The lowest BCUT2D eigenvalue weighted by Gasteiger charge is -1.95. The van der Waals surface area contributed by atoms with Crippen molar-refractivity contribution in [2.45, 2.75) is 6.92 Å². The topological polar surface area (TPSA) is 43.1 Å². The summed E-state index contributed by atoms with van der Waals surface area (Å²) in [5, 5.41) is 9.81. The summed E-state index contributed by atoms with van der Waals surface area (Å²) in [5.74, 6) is 1.41. The normalized spacial score (nSPS) is 9.30. The van der Waals surface area contributed by atoms with E-state index in [4.69, 9.17) is 0 Å². The second-order valence-corrected chi connectivity index (χ2v) is 3.17. The average molecular weight is 161 g/mol. The molecule has 0 fully saturated rings. The predicted octanol–water partition coefficient (Wildman–Crippen LogP) is 1.57. The van der Waals surface area contributed by atoms with E-state index < -0.39 is 0 Å². The SMILES string of the molecule is C=C(C)CSCC[N+](=O)[O-]. The molecule has 0 unspecified atom stereocenters. The van der Waals surface area contributed by atoms with Gasteiger partial charge in [0.15, 0.2) is 0 Å². The Bertz CT molecular complexity index is 120. The van der Waals surface area contributed by atoms with Gasteiger partial charge in [-0.15, -0.1) is 0 Å². The molecule has 0 radical (unpaired) electrons. The van der Waals surface area contributed by atoms with Crippen LogP contribution in [0, 0.1) is 10.1 Å². The molecular weight excluding hydrogens is 150 g/mol. The Morgan fingerprint density at radius 3 is 2.80 bits per heavy atom. The third-order valence-corrected chi connectivity index (χ3v) is 1.93. The fraction of sp³-hybridized carbons (Fsp3) is 0.667. The Kier molecular flexibility index (Phi) is 5.02. The second-order valence-electron chi connectivity index (χ2n) is 2.07. The molecule has 0 amide bonds. The number of hydrogen-bond donors (Lipinski definition) is 0. The average Bonchev–Trinajstić information content (AvgIpc) is 1.79. The zero-order valence-corrected chi connectivity index (χ0v) is 6.82. The van der Waals surface area contributed by atoms with Crippen molar-refractivity contribution in [3.8, 4) is 0 Å². The highest BCUT2D eigenvalue weighted by Gasteiger charge is 1.95. The van der Waals surface area contributed by atoms with E-state index in [9.17, 15) is 10.1 Å². The van der Waals surface area contributed by atoms with E-state index in [1.165, 1.54) is 0 Å². The molecule has 10 heavy (non-hydrogen) atoms. The number of nitro groups is 1. The quantitative estimate of drug-likeness (QED) is 0.266. The van der Waals surface area contributed by atoms with E-state index in [1.807, 2.05) is 6.92 Å². The van der Waals surface area contributed by atoms with Crippen LogP contribution in [0.4, 0.5) is 0 Å². The van der Waals surface area contributed by atoms with Crippen LogP contribution < -0.4 is 0 Å². The van der Waals surface area contributed by atoms with Gasteiger partial charge in [-0.2, -0.15) is 11.8 Å². The number of rotatable bonds is 5. The lowest BCUT2D eigenvalue weighted by molar-refractivity contribution is -0.474. The molecule has 0 atom stereocenters. The Morgan fingerprint density at radius 1 is 1.80 bits per heavy atom. The van der Waals surface area contributed by atoms with Crippen LogP contribution in [0.5, 0.6) is 0 Å². The Balaban J connectivity index is 3.06. The lowest BCUT2D eigenvalue weighted by atomic mass is 10.4. The summed E-state index contributed by atoms with van der Waals surface area (Å²) in [6, 6.07) is 0. The van der Waals surface area contributed by atoms with Crippen molar-refractivity contribution in [3.63, 3.8) is 0 Å². The van der Waals surface area contributed by atoms with Crippen LogP contribution in [-0.4, -0.2) is 23.0 Å². The molecule has 0 aliphatic heterocycles. The highest BCUT2D eigenvalue weighted by atomic mass is 32.2. The minimum Gasteiger partial charge on any atom is -0.265 e. The van der Waals surface area contributed by atoms with Gasteiger partial charge in [0.05, 0.1) is 5.75 Å². The predicted molar refractivity (Wildman–Crippen MR) is 44.0 cm³/mol. The molecule has 0 aromatic heterocycles. The maximum absolute atomic E-state index is 9.81. The highest BCUT2D eigenvalue weighted by Crippen LogP contribution is 2.04. The molecule has 0 rings (SSSR count). The fourth-order valence-corrected chi connectivity index (χ4v) is 1.16. The number of hydrogen-bond acceptors (Lipinski definition) is 3. The van der Waals surface area contributed by atoms with Gasteiger partial charge in [-0.25, -0.2) is 0 Å². The van der Waals surface area contributed by atoms with Gasteiger partial charge in [-0.3, -0.25) is 10.1 Å². The van der Waals surface area contributed by atoms with Crippen molar-refractivity contribution in [1.29, 1.82) is 0 Å². The van der Waals surface area contributed by atoms with Crippen LogP contribution in [0.15, 0.2) is 12.2 Å².